The summed E-state index contributed by atoms with van der Waals surface area (Å²) in [6.45, 7) is 0.604. The van der Waals surface area contributed by atoms with E-state index in [1.807, 2.05) is 13.1 Å². The normalized spacial score (nSPS) is 10.4. The maximum Gasteiger partial charge on any atom is 0.165 e. The Morgan fingerprint density at radius 1 is 1.29 bits per heavy atom. The molecule has 0 atom stereocenters. The van der Waals surface area contributed by atoms with Gasteiger partial charge in [-0.1, -0.05) is 12.1 Å². The van der Waals surface area contributed by atoms with Crippen LogP contribution in [0.4, 0.5) is 5.82 Å². The zero-order valence-corrected chi connectivity index (χ0v) is 9.51. The van der Waals surface area contributed by atoms with E-state index in [1.165, 1.54) is 0 Å². The number of para-hydroxylation sites is 1. The summed E-state index contributed by atoms with van der Waals surface area (Å²) in [7, 11) is 1.83. The second kappa shape index (κ2) is 4.80. The molecule has 0 saturated heterocycles. The van der Waals surface area contributed by atoms with Crippen LogP contribution in [0.15, 0.2) is 30.3 Å². The van der Waals surface area contributed by atoms with E-state index in [9.17, 15) is 5.11 Å². The summed E-state index contributed by atoms with van der Waals surface area (Å²) in [6.07, 6.45) is 0. The monoisotopic (exact) mass is 230 g/mol. The molecule has 17 heavy (non-hydrogen) atoms. The lowest BCUT2D eigenvalue weighted by atomic mass is 10.2. The Hall–Kier alpha value is -2.14. The van der Waals surface area contributed by atoms with Gasteiger partial charge >= 0.3 is 0 Å². The van der Waals surface area contributed by atoms with Crippen LogP contribution < -0.4 is 11.1 Å². The number of benzene rings is 1. The van der Waals surface area contributed by atoms with Gasteiger partial charge in [0, 0.05) is 12.6 Å². The predicted molar refractivity (Wildman–Crippen MR) is 66.3 cm³/mol. The number of nitrogens with one attached hydrogen (secondary N) is 1. The molecule has 5 heteroatoms. The van der Waals surface area contributed by atoms with E-state index < -0.39 is 0 Å². The minimum atomic E-state index is 0.147. The van der Waals surface area contributed by atoms with Gasteiger partial charge in [0.05, 0.1) is 11.3 Å². The van der Waals surface area contributed by atoms with Crippen molar-refractivity contribution in [3.05, 3.63) is 36.0 Å². The molecule has 2 aromatic rings. The molecule has 0 bridgehead atoms. The largest absolute Gasteiger partial charge is 0.507 e. The lowest BCUT2D eigenvalue weighted by Crippen LogP contribution is -2.09. The highest BCUT2D eigenvalue weighted by molar-refractivity contribution is 5.64. The van der Waals surface area contributed by atoms with Gasteiger partial charge in [-0.2, -0.15) is 0 Å². The molecule has 5 nitrogen and oxygen atoms in total. The summed E-state index contributed by atoms with van der Waals surface area (Å²) in [4.78, 5) is 8.47. The number of nitrogen functional groups attached to an aromatic ring is 1. The third-order valence-corrected chi connectivity index (χ3v) is 2.30. The third-order valence-electron chi connectivity index (χ3n) is 2.30. The fourth-order valence-corrected chi connectivity index (χ4v) is 1.57. The van der Waals surface area contributed by atoms with Crippen molar-refractivity contribution in [1.82, 2.24) is 15.3 Å². The molecule has 4 N–H and O–H groups in total. The van der Waals surface area contributed by atoms with Crippen molar-refractivity contribution in [1.29, 1.82) is 0 Å². The summed E-state index contributed by atoms with van der Waals surface area (Å²) >= 11 is 0. The zero-order chi connectivity index (χ0) is 12.3. The second-order valence-corrected chi connectivity index (χ2v) is 3.66. The summed E-state index contributed by atoms with van der Waals surface area (Å²) in [6, 6.07) is 8.63. The predicted octanol–water partition coefficient (Wildman–Crippen LogP) is 1.15. The van der Waals surface area contributed by atoms with Gasteiger partial charge in [-0.05, 0) is 19.2 Å². The van der Waals surface area contributed by atoms with Crippen LogP contribution in [0.5, 0.6) is 5.75 Å². The minimum absolute atomic E-state index is 0.147. The third kappa shape index (κ3) is 2.51. The molecule has 1 aromatic carbocycles. The Kier molecular flexibility index (Phi) is 3.20. The molecule has 0 aliphatic carbocycles. The topological polar surface area (TPSA) is 84.1 Å². The molecule has 88 valence electrons. The van der Waals surface area contributed by atoms with E-state index in [0.717, 1.165) is 5.69 Å². The van der Waals surface area contributed by atoms with E-state index in [1.54, 1.807) is 24.3 Å². The molecule has 1 aromatic heterocycles. The second-order valence-electron chi connectivity index (χ2n) is 3.66. The molecule has 0 amide bonds. The molecule has 0 fully saturated rings. The first-order chi connectivity index (χ1) is 8.20. The van der Waals surface area contributed by atoms with Crippen LogP contribution in [0.25, 0.3) is 11.4 Å². The number of hydrogen-bond acceptors (Lipinski definition) is 5. The Labute approximate surface area is 99.3 Å². The highest BCUT2D eigenvalue weighted by atomic mass is 16.3. The molecule has 0 aliphatic rings. The van der Waals surface area contributed by atoms with Crippen LogP contribution in [-0.4, -0.2) is 22.1 Å². The number of rotatable bonds is 3. The van der Waals surface area contributed by atoms with Gasteiger partial charge < -0.3 is 16.2 Å². The summed E-state index contributed by atoms with van der Waals surface area (Å²) < 4.78 is 0. The van der Waals surface area contributed by atoms with E-state index in [4.69, 9.17) is 5.73 Å². The average molecular weight is 230 g/mol. The van der Waals surface area contributed by atoms with Crippen LogP contribution in [0, 0.1) is 0 Å². The van der Waals surface area contributed by atoms with Gasteiger partial charge in [0.1, 0.15) is 11.6 Å². The average Bonchev–Trinajstić information content (AvgIpc) is 2.29. The van der Waals surface area contributed by atoms with Crippen molar-refractivity contribution in [3.8, 4) is 17.1 Å². The molecule has 0 radical (unpaired) electrons. The minimum Gasteiger partial charge on any atom is -0.507 e. The quantitative estimate of drug-likeness (QED) is 0.736. The van der Waals surface area contributed by atoms with Gasteiger partial charge in [-0.3, -0.25) is 0 Å². The van der Waals surface area contributed by atoms with Crippen molar-refractivity contribution in [2.45, 2.75) is 6.54 Å². The van der Waals surface area contributed by atoms with Crippen molar-refractivity contribution in [2.75, 3.05) is 12.8 Å². The fourth-order valence-electron chi connectivity index (χ4n) is 1.57. The van der Waals surface area contributed by atoms with Crippen LogP contribution >= 0.6 is 0 Å². The first-order valence-corrected chi connectivity index (χ1v) is 5.27. The number of phenols is 1. The van der Waals surface area contributed by atoms with E-state index in [2.05, 4.69) is 15.3 Å². The molecule has 0 saturated carbocycles. The van der Waals surface area contributed by atoms with Crippen molar-refractivity contribution < 1.29 is 5.11 Å². The maximum atomic E-state index is 9.74. The standard InChI is InChI=1S/C12H14N4O/c1-14-7-8-6-11(13)16-12(15-8)9-4-2-3-5-10(9)17/h2-6,14,17H,7H2,1H3,(H2,13,15,16). The first kappa shape index (κ1) is 11.3. The Balaban J connectivity index is 2.48. The number of phenolic OH excluding ortho intramolecular Hbond substituents is 1. The van der Waals surface area contributed by atoms with E-state index >= 15 is 0 Å². The lowest BCUT2D eigenvalue weighted by Gasteiger charge is -2.06. The van der Waals surface area contributed by atoms with Gasteiger partial charge in [0.2, 0.25) is 0 Å². The lowest BCUT2D eigenvalue weighted by molar-refractivity contribution is 0.477. The number of nitrogens with zero attached hydrogens (tertiary/aromatic N) is 2. The number of hydrogen-bond donors (Lipinski definition) is 3. The summed E-state index contributed by atoms with van der Waals surface area (Å²) in [5, 5.41) is 12.7. The molecular weight excluding hydrogens is 216 g/mol. The molecule has 0 aliphatic heterocycles. The maximum absolute atomic E-state index is 9.74. The Morgan fingerprint density at radius 2 is 2.06 bits per heavy atom. The van der Waals surface area contributed by atoms with Crippen LogP contribution in [0.1, 0.15) is 5.69 Å². The molecule has 2 rings (SSSR count). The van der Waals surface area contributed by atoms with E-state index in [0.29, 0.717) is 23.8 Å². The Bertz CT molecular complexity index is 528. The molecular formula is C12H14N4O. The number of nitrogens with two attached hydrogens (primary N) is 1. The molecule has 1 heterocycles. The van der Waals surface area contributed by atoms with Gasteiger partial charge in [-0.15, -0.1) is 0 Å². The van der Waals surface area contributed by atoms with Crippen LogP contribution in [-0.2, 0) is 6.54 Å². The van der Waals surface area contributed by atoms with E-state index in [-0.39, 0.29) is 5.75 Å². The van der Waals surface area contributed by atoms with Gasteiger partial charge in [0.25, 0.3) is 0 Å². The van der Waals surface area contributed by atoms with Crippen LogP contribution in [0.3, 0.4) is 0 Å². The van der Waals surface area contributed by atoms with Crippen LogP contribution in [0.2, 0.25) is 0 Å². The fraction of sp³-hybridized carbons (Fsp3) is 0.167. The van der Waals surface area contributed by atoms with Gasteiger partial charge in [-0.25, -0.2) is 9.97 Å². The first-order valence-electron chi connectivity index (χ1n) is 5.27. The highest BCUT2D eigenvalue weighted by Gasteiger charge is 2.08. The van der Waals surface area contributed by atoms with Gasteiger partial charge in [0.15, 0.2) is 5.82 Å². The molecule has 0 unspecified atom stereocenters. The summed E-state index contributed by atoms with van der Waals surface area (Å²) in [5.74, 6) is 0.977. The SMILES string of the molecule is CNCc1cc(N)nc(-c2ccccc2O)n1. The number of aromatic nitrogens is 2. The van der Waals surface area contributed by atoms with Crippen molar-refractivity contribution >= 4 is 5.82 Å². The molecule has 0 spiro atoms. The smallest absolute Gasteiger partial charge is 0.165 e. The van der Waals surface area contributed by atoms with Crippen molar-refractivity contribution in [3.63, 3.8) is 0 Å². The number of anilines is 1. The highest BCUT2D eigenvalue weighted by Crippen LogP contribution is 2.26. The van der Waals surface area contributed by atoms with Crippen molar-refractivity contribution in [2.24, 2.45) is 0 Å². The number of aromatic hydroxyl groups is 1. The Morgan fingerprint density at radius 3 is 2.76 bits per heavy atom. The summed E-state index contributed by atoms with van der Waals surface area (Å²) in [5.41, 5.74) is 7.09. The zero-order valence-electron chi connectivity index (χ0n) is 9.51.